The van der Waals surface area contributed by atoms with Gasteiger partial charge in [0, 0.05) is 37.8 Å². The Kier molecular flexibility index (Phi) is 4.45. The Bertz CT molecular complexity index is 1030. The van der Waals surface area contributed by atoms with Crippen molar-refractivity contribution in [2.75, 3.05) is 6.54 Å². The van der Waals surface area contributed by atoms with Crippen LogP contribution in [0, 0.1) is 0 Å². The molecule has 0 saturated heterocycles. The number of alkyl halides is 3. The number of fused-ring (bicyclic) bond motifs is 1. The molecule has 1 unspecified atom stereocenters. The molecule has 4 rings (SSSR count). The van der Waals surface area contributed by atoms with Gasteiger partial charge in [0.1, 0.15) is 0 Å². The minimum absolute atomic E-state index is 0.0409. The summed E-state index contributed by atoms with van der Waals surface area (Å²) in [5.41, 5.74) is 2.29. The predicted octanol–water partition coefficient (Wildman–Crippen LogP) is 4.23. The molecule has 1 aliphatic rings. The third-order valence-electron chi connectivity index (χ3n) is 5.05. The Balaban J connectivity index is 1.69. The summed E-state index contributed by atoms with van der Waals surface area (Å²) in [7, 11) is 1.82. The fourth-order valence-corrected chi connectivity index (χ4v) is 3.68. The molecule has 1 aliphatic heterocycles. The number of hydrogen-bond donors (Lipinski definition) is 0. The molecule has 1 aromatic heterocycles. The zero-order valence-electron chi connectivity index (χ0n) is 15.1. The minimum atomic E-state index is -4.48. The minimum Gasteiger partial charge on any atom is -0.333 e. The normalized spacial score (nSPS) is 16.7. The topological polar surface area (TPSA) is 38.1 Å². The van der Waals surface area contributed by atoms with Crippen LogP contribution in [0.3, 0.4) is 0 Å². The van der Waals surface area contributed by atoms with Crippen LogP contribution in [0.5, 0.6) is 0 Å². The van der Waals surface area contributed by atoms with Crippen molar-refractivity contribution in [1.82, 2.24) is 14.7 Å². The highest BCUT2D eigenvalue weighted by Gasteiger charge is 2.33. The second kappa shape index (κ2) is 6.82. The molecular weight excluding hydrogens is 367 g/mol. The first-order valence-electron chi connectivity index (χ1n) is 8.86. The summed E-state index contributed by atoms with van der Waals surface area (Å²) in [5, 5.41) is 4.22. The average Bonchev–Trinajstić information content (AvgIpc) is 3.12. The van der Waals surface area contributed by atoms with Gasteiger partial charge in [0.2, 0.25) is 0 Å². The van der Waals surface area contributed by atoms with E-state index in [0.29, 0.717) is 13.1 Å². The van der Waals surface area contributed by atoms with E-state index in [1.54, 1.807) is 15.8 Å². The SMILES string of the molecule is Cn1cc(C2CN(C(=O)c3cccc(C(F)(F)F)c3)Cc3ccccc32)cn1. The van der Waals surface area contributed by atoms with Gasteiger partial charge in [0.15, 0.2) is 0 Å². The molecule has 0 saturated carbocycles. The third kappa shape index (κ3) is 3.40. The van der Waals surface area contributed by atoms with Crippen molar-refractivity contribution in [2.24, 2.45) is 7.05 Å². The van der Waals surface area contributed by atoms with E-state index in [1.807, 2.05) is 37.5 Å². The number of benzene rings is 2. The molecular formula is C21H18F3N3O. The molecule has 2 aromatic carbocycles. The second-order valence-electron chi connectivity index (χ2n) is 6.96. The lowest BCUT2D eigenvalue weighted by Crippen LogP contribution is -2.38. The number of rotatable bonds is 2. The van der Waals surface area contributed by atoms with Crippen molar-refractivity contribution < 1.29 is 18.0 Å². The number of nitrogens with zero attached hydrogens (tertiary/aromatic N) is 3. The molecule has 1 atom stereocenters. The summed E-state index contributed by atoms with van der Waals surface area (Å²) in [6.45, 7) is 0.750. The quantitative estimate of drug-likeness (QED) is 0.662. The van der Waals surface area contributed by atoms with Gasteiger partial charge in [-0.3, -0.25) is 9.48 Å². The predicted molar refractivity (Wildman–Crippen MR) is 97.7 cm³/mol. The fourth-order valence-electron chi connectivity index (χ4n) is 3.68. The maximum Gasteiger partial charge on any atom is 0.416 e. The molecule has 0 N–H and O–H groups in total. The van der Waals surface area contributed by atoms with Crippen LogP contribution in [-0.2, 0) is 19.8 Å². The molecule has 7 heteroatoms. The summed E-state index contributed by atoms with van der Waals surface area (Å²) in [5.74, 6) is -0.483. The van der Waals surface area contributed by atoms with E-state index < -0.39 is 17.6 Å². The van der Waals surface area contributed by atoms with Gasteiger partial charge in [0.05, 0.1) is 11.8 Å². The smallest absolute Gasteiger partial charge is 0.333 e. The van der Waals surface area contributed by atoms with Crippen LogP contribution in [0.4, 0.5) is 13.2 Å². The number of aryl methyl sites for hydroxylation is 1. The van der Waals surface area contributed by atoms with Crippen LogP contribution in [0.2, 0.25) is 0 Å². The van der Waals surface area contributed by atoms with Gasteiger partial charge in [0.25, 0.3) is 5.91 Å². The summed E-state index contributed by atoms with van der Waals surface area (Å²) in [4.78, 5) is 14.6. The lowest BCUT2D eigenvalue weighted by Gasteiger charge is -2.34. The molecule has 0 spiro atoms. The van der Waals surface area contributed by atoms with E-state index in [4.69, 9.17) is 0 Å². The number of carbonyl (C=O) groups is 1. The Morgan fingerprint density at radius 3 is 2.64 bits per heavy atom. The summed E-state index contributed by atoms with van der Waals surface area (Å²) in [6.07, 6.45) is -0.817. The largest absolute Gasteiger partial charge is 0.416 e. The summed E-state index contributed by atoms with van der Waals surface area (Å²) in [6, 6.07) is 12.4. The molecule has 1 amide bonds. The van der Waals surface area contributed by atoms with Crippen molar-refractivity contribution in [3.63, 3.8) is 0 Å². The van der Waals surface area contributed by atoms with Crippen molar-refractivity contribution in [3.05, 3.63) is 88.7 Å². The molecule has 0 aliphatic carbocycles. The number of hydrogen-bond acceptors (Lipinski definition) is 2. The van der Waals surface area contributed by atoms with Gasteiger partial charge in [-0.2, -0.15) is 18.3 Å². The summed E-state index contributed by atoms with van der Waals surface area (Å²) < 4.78 is 40.8. The van der Waals surface area contributed by atoms with E-state index in [2.05, 4.69) is 5.10 Å². The van der Waals surface area contributed by atoms with E-state index >= 15 is 0 Å². The van der Waals surface area contributed by atoms with Gasteiger partial charge in [-0.15, -0.1) is 0 Å². The third-order valence-corrected chi connectivity index (χ3v) is 5.05. The highest BCUT2D eigenvalue weighted by molar-refractivity contribution is 5.94. The Morgan fingerprint density at radius 2 is 1.93 bits per heavy atom. The zero-order valence-corrected chi connectivity index (χ0v) is 15.1. The highest BCUT2D eigenvalue weighted by Crippen LogP contribution is 2.34. The van der Waals surface area contributed by atoms with Crippen molar-refractivity contribution in [1.29, 1.82) is 0 Å². The van der Waals surface area contributed by atoms with Crippen LogP contribution in [0.1, 0.15) is 38.5 Å². The maximum atomic E-state index is 13.0. The van der Waals surface area contributed by atoms with Crippen LogP contribution < -0.4 is 0 Å². The van der Waals surface area contributed by atoms with Crippen molar-refractivity contribution >= 4 is 5.91 Å². The second-order valence-corrected chi connectivity index (χ2v) is 6.96. The van der Waals surface area contributed by atoms with Crippen molar-refractivity contribution in [2.45, 2.75) is 18.6 Å². The molecule has 4 nitrogen and oxygen atoms in total. The van der Waals surface area contributed by atoms with Crippen LogP contribution in [-0.4, -0.2) is 27.1 Å². The van der Waals surface area contributed by atoms with E-state index in [0.717, 1.165) is 28.8 Å². The van der Waals surface area contributed by atoms with Crippen molar-refractivity contribution in [3.8, 4) is 0 Å². The van der Waals surface area contributed by atoms with E-state index in [1.165, 1.54) is 12.1 Å². The zero-order chi connectivity index (χ0) is 19.9. The Labute approximate surface area is 160 Å². The van der Waals surface area contributed by atoms with Gasteiger partial charge in [-0.1, -0.05) is 30.3 Å². The fraction of sp³-hybridized carbons (Fsp3) is 0.238. The molecule has 0 radical (unpaired) electrons. The highest BCUT2D eigenvalue weighted by atomic mass is 19.4. The van der Waals surface area contributed by atoms with Crippen LogP contribution in [0.25, 0.3) is 0 Å². The molecule has 28 heavy (non-hydrogen) atoms. The monoisotopic (exact) mass is 385 g/mol. The maximum absolute atomic E-state index is 13.0. The average molecular weight is 385 g/mol. The van der Waals surface area contributed by atoms with Gasteiger partial charge < -0.3 is 4.90 Å². The standard InChI is InChI=1S/C21H18F3N3O/c1-26-11-16(10-25-26)19-13-27(12-15-5-2-3-8-18(15)19)20(28)14-6-4-7-17(9-14)21(22,23)24/h2-11,19H,12-13H2,1H3. The van der Waals surface area contributed by atoms with Gasteiger partial charge in [-0.25, -0.2) is 0 Å². The summed E-state index contributed by atoms with van der Waals surface area (Å²) >= 11 is 0. The van der Waals surface area contributed by atoms with Gasteiger partial charge in [-0.05, 0) is 34.9 Å². The lowest BCUT2D eigenvalue weighted by atomic mass is 9.86. The number of aromatic nitrogens is 2. The molecule has 0 fully saturated rings. The first-order valence-corrected chi connectivity index (χ1v) is 8.86. The lowest BCUT2D eigenvalue weighted by molar-refractivity contribution is -0.137. The number of amides is 1. The Hall–Kier alpha value is -3.09. The molecule has 144 valence electrons. The molecule has 0 bridgehead atoms. The van der Waals surface area contributed by atoms with E-state index in [-0.39, 0.29) is 11.5 Å². The number of halogens is 3. The first kappa shape index (κ1) is 18.3. The van der Waals surface area contributed by atoms with E-state index in [9.17, 15) is 18.0 Å². The molecule has 3 aromatic rings. The number of carbonyl (C=O) groups excluding carboxylic acids is 1. The van der Waals surface area contributed by atoms with Gasteiger partial charge >= 0.3 is 6.18 Å². The van der Waals surface area contributed by atoms with Crippen LogP contribution >= 0.6 is 0 Å². The Morgan fingerprint density at radius 1 is 1.14 bits per heavy atom. The first-order chi connectivity index (χ1) is 13.3. The van der Waals surface area contributed by atoms with Crippen LogP contribution in [0.15, 0.2) is 60.9 Å². The molecule has 2 heterocycles.